The summed E-state index contributed by atoms with van der Waals surface area (Å²) < 4.78 is 0. The Morgan fingerprint density at radius 3 is 2.64 bits per heavy atom. The summed E-state index contributed by atoms with van der Waals surface area (Å²) in [6, 6.07) is 0. The Kier molecular flexibility index (Phi) is 6.16. The monoisotopic (exact) mass is 159 g/mol. The zero-order valence-electron chi connectivity index (χ0n) is 6.40. The van der Waals surface area contributed by atoms with Crippen molar-refractivity contribution in [2.45, 2.75) is 19.0 Å². The average Bonchev–Trinajstić information content (AvgIpc) is 1.97. The minimum Gasteiger partial charge on any atom is -0.427 e. The molecule has 11 heavy (non-hydrogen) atoms. The van der Waals surface area contributed by atoms with Gasteiger partial charge in [-0.2, -0.15) is 0 Å². The maximum Gasteiger partial charge on any atom is 0.451 e. The van der Waals surface area contributed by atoms with E-state index in [0.717, 1.165) is 0 Å². The van der Waals surface area contributed by atoms with Crippen LogP contribution in [0.25, 0.3) is 0 Å². The van der Waals surface area contributed by atoms with Crippen molar-refractivity contribution in [2.24, 2.45) is 0 Å². The highest BCUT2D eigenvalue weighted by Crippen LogP contribution is 1.90. The maximum atomic E-state index is 8.87. The van der Waals surface area contributed by atoms with Crippen molar-refractivity contribution in [3.05, 3.63) is 12.7 Å². The molecule has 0 bridgehead atoms. The molecule has 4 N–H and O–H groups in total. The van der Waals surface area contributed by atoms with Gasteiger partial charge in [0, 0.05) is 0 Å². The predicted molar refractivity (Wildman–Crippen MR) is 43.8 cm³/mol. The van der Waals surface area contributed by atoms with E-state index in [1.54, 1.807) is 0 Å². The van der Waals surface area contributed by atoms with Crippen molar-refractivity contribution in [1.29, 1.82) is 0 Å². The molecule has 0 aliphatic heterocycles. The zero-order chi connectivity index (χ0) is 8.69. The molecule has 0 aromatic heterocycles. The number of aliphatic hydroxyl groups is 1. The van der Waals surface area contributed by atoms with Crippen LogP contribution >= 0.6 is 0 Å². The quantitative estimate of drug-likeness (QED) is 0.172. The van der Waals surface area contributed by atoms with Crippen LogP contribution < -0.4 is 5.32 Å². The van der Waals surface area contributed by atoms with Crippen LogP contribution in [0.1, 0.15) is 6.42 Å². The van der Waals surface area contributed by atoms with Crippen molar-refractivity contribution in [3.8, 4) is 0 Å². The highest BCUT2D eigenvalue weighted by molar-refractivity contribution is 6.40. The number of nitrogens with one attached hydrogen (secondary N) is 1. The van der Waals surface area contributed by atoms with Gasteiger partial charge >= 0.3 is 7.12 Å². The van der Waals surface area contributed by atoms with E-state index in [2.05, 4.69) is 11.9 Å². The van der Waals surface area contributed by atoms with Gasteiger partial charge in [0.25, 0.3) is 0 Å². The third-order valence-electron chi connectivity index (χ3n) is 1.22. The lowest BCUT2D eigenvalue weighted by molar-refractivity contribution is 0.185. The first kappa shape index (κ1) is 10.6. The molecule has 0 fully saturated rings. The van der Waals surface area contributed by atoms with Gasteiger partial charge in [0.05, 0.1) is 0 Å². The van der Waals surface area contributed by atoms with E-state index in [0.29, 0.717) is 19.3 Å². The number of hydrogen-bond donors (Lipinski definition) is 4. The third-order valence-corrected chi connectivity index (χ3v) is 1.22. The van der Waals surface area contributed by atoms with Crippen LogP contribution in [0.3, 0.4) is 0 Å². The fraction of sp³-hybridized carbons (Fsp3) is 0.667. The van der Waals surface area contributed by atoms with Gasteiger partial charge in [-0.15, -0.1) is 0 Å². The van der Waals surface area contributed by atoms with E-state index >= 15 is 0 Å². The van der Waals surface area contributed by atoms with Gasteiger partial charge in [0.2, 0.25) is 0 Å². The fourth-order valence-corrected chi connectivity index (χ4v) is 0.618. The molecule has 0 saturated heterocycles. The third kappa shape index (κ3) is 7.54. The van der Waals surface area contributed by atoms with Gasteiger partial charge in [0.1, 0.15) is 6.23 Å². The average molecular weight is 159 g/mol. The summed E-state index contributed by atoms with van der Waals surface area (Å²) in [5.41, 5.74) is 0. The Labute approximate surface area is 66.7 Å². The molecule has 0 aliphatic carbocycles. The van der Waals surface area contributed by atoms with Gasteiger partial charge in [-0.1, -0.05) is 6.58 Å². The summed E-state index contributed by atoms with van der Waals surface area (Å²) >= 11 is 0. The molecule has 0 aromatic rings. The molecule has 0 spiro atoms. The van der Waals surface area contributed by atoms with Gasteiger partial charge in [-0.05, 0) is 25.4 Å². The van der Waals surface area contributed by atoms with Crippen molar-refractivity contribution in [3.63, 3.8) is 0 Å². The number of rotatable bonds is 6. The van der Waals surface area contributed by atoms with E-state index in [-0.39, 0.29) is 0 Å². The fourth-order valence-electron chi connectivity index (χ4n) is 0.618. The molecule has 0 aliphatic rings. The van der Waals surface area contributed by atoms with E-state index in [4.69, 9.17) is 15.2 Å². The summed E-state index contributed by atoms with van der Waals surface area (Å²) in [7, 11) is -1.25. The first-order chi connectivity index (χ1) is 5.16. The van der Waals surface area contributed by atoms with Crippen LogP contribution in [-0.2, 0) is 0 Å². The van der Waals surface area contributed by atoms with E-state index in [9.17, 15) is 0 Å². The summed E-state index contributed by atoms with van der Waals surface area (Å²) in [6.45, 7) is 3.91. The van der Waals surface area contributed by atoms with Crippen LogP contribution in [0.2, 0.25) is 6.32 Å². The van der Waals surface area contributed by atoms with E-state index in [1.807, 2.05) is 0 Å². The Hall–Kier alpha value is -0.355. The van der Waals surface area contributed by atoms with Gasteiger partial charge in [-0.3, -0.25) is 5.32 Å². The molecule has 1 unspecified atom stereocenters. The second-order valence-corrected chi connectivity index (χ2v) is 2.26. The van der Waals surface area contributed by atoms with Crippen LogP contribution in [-0.4, -0.2) is 35.0 Å². The highest BCUT2D eigenvalue weighted by atomic mass is 16.4. The molecular formula is C6H14BNO3. The molecular weight excluding hydrogens is 145 g/mol. The smallest absolute Gasteiger partial charge is 0.427 e. The lowest BCUT2D eigenvalue weighted by Crippen LogP contribution is -2.28. The van der Waals surface area contributed by atoms with Crippen molar-refractivity contribution in [1.82, 2.24) is 5.32 Å². The van der Waals surface area contributed by atoms with Crippen molar-refractivity contribution >= 4 is 7.12 Å². The first-order valence-electron chi connectivity index (χ1n) is 3.57. The maximum absolute atomic E-state index is 8.87. The number of aliphatic hydroxyl groups excluding tert-OH is 1. The van der Waals surface area contributed by atoms with Gasteiger partial charge in [-0.25, -0.2) is 0 Å². The lowest BCUT2D eigenvalue weighted by Gasteiger charge is -2.06. The molecule has 0 aromatic carbocycles. The Bertz CT molecular complexity index is 110. The molecule has 4 nitrogen and oxygen atoms in total. The van der Waals surface area contributed by atoms with Crippen LogP contribution in [0.15, 0.2) is 12.7 Å². The summed E-state index contributed by atoms with van der Waals surface area (Å²) in [5, 5.41) is 28.4. The molecule has 0 radical (unpaired) electrons. The Morgan fingerprint density at radius 1 is 1.55 bits per heavy atom. The Balaban J connectivity index is 3.07. The molecule has 5 heteroatoms. The van der Waals surface area contributed by atoms with E-state index in [1.165, 1.54) is 6.08 Å². The molecule has 1 atom stereocenters. The summed E-state index contributed by atoms with van der Waals surface area (Å²) in [4.78, 5) is 0. The predicted octanol–water partition coefficient (Wildman–Crippen LogP) is -1.06. The standard InChI is InChI=1S/C6H14BNO3/c1-2-6(9)8-5-3-4-7(10)11/h2,6,8-11H,1,3-5H2. The summed E-state index contributed by atoms with van der Waals surface area (Å²) in [5.74, 6) is 0. The highest BCUT2D eigenvalue weighted by Gasteiger charge is 2.05. The molecule has 0 heterocycles. The molecule has 0 amide bonds. The SMILES string of the molecule is C=CC(O)NCCCB(O)O. The van der Waals surface area contributed by atoms with Crippen molar-refractivity contribution < 1.29 is 15.2 Å². The number of hydrogen-bond acceptors (Lipinski definition) is 4. The largest absolute Gasteiger partial charge is 0.451 e. The van der Waals surface area contributed by atoms with Crippen LogP contribution in [0.5, 0.6) is 0 Å². The second-order valence-electron chi connectivity index (χ2n) is 2.26. The van der Waals surface area contributed by atoms with Gasteiger partial charge in [0.15, 0.2) is 0 Å². The summed E-state index contributed by atoms with van der Waals surface area (Å²) in [6.07, 6.45) is 1.60. The minimum atomic E-state index is -1.25. The Morgan fingerprint density at radius 2 is 2.18 bits per heavy atom. The first-order valence-corrected chi connectivity index (χ1v) is 3.57. The van der Waals surface area contributed by atoms with Gasteiger partial charge < -0.3 is 15.2 Å². The van der Waals surface area contributed by atoms with E-state index < -0.39 is 13.3 Å². The molecule has 0 rings (SSSR count). The second kappa shape index (κ2) is 6.36. The molecule has 0 saturated carbocycles. The zero-order valence-corrected chi connectivity index (χ0v) is 6.40. The molecule has 64 valence electrons. The minimum absolute atomic E-state index is 0.316. The lowest BCUT2D eigenvalue weighted by atomic mass is 9.84. The van der Waals surface area contributed by atoms with Crippen LogP contribution in [0.4, 0.5) is 0 Å². The normalized spacial score (nSPS) is 12.6. The van der Waals surface area contributed by atoms with Crippen LogP contribution in [0, 0.1) is 0 Å². The van der Waals surface area contributed by atoms with Crippen molar-refractivity contribution in [2.75, 3.05) is 6.54 Å². The topological polar surface area (TPSA) is 72.7 Å².